The van der Waals surface area contributed by atoms with Gasteiger partial charge in [-0.15, -0.1) is 0 Å². The average molecular weight is 1450 g/mol. The van der Waals surface area contributed by atoms with Gasteiger partial charge in [-0.3, -0.25) is 20.0 Å². The molecule has 484 valence electrons. The minimum Gasteiger partial charge on any atom is -0.872 e. The minimum atomic E-state index is -0.750. The number of hydrogen-bond donors (Lipinski definition) is 0. The van der Waals surface area contributed by atoms with Gasteiger partial charge in [0.1, 0.15) is 72.2 Å². The van der Waals surface area contributed by atoms with Crippen LogP contribution in [0.2, 0.25) is 0 Å². The number of alkyl halides is 6. The van der Waals surface area contributed by atoms with Gasteiger partial charge in [0.25, 0.3) is 0 Å². The summed E-state index contributed by atoms with van der Waals surface area (Å²) in [5.41, 5.74) is 7.26. The Hall–Kier alpha value is -7.03. The van der Waals surface area contributed by atoms with Gasteiger partial charge in [-0.05, 0) is 96.5 Å². The number of para-hydroxylation sites is 12. The van der Waals surface area contributed by atoms with Crippen LogP contribution in [0, 0.1) is 0 Å². The average Bonchev–Trinajstić information content (AvgIpc) is 1.45. The topological polar surface area (TPSA) is 197 Å². The van der Waals surface area contributed by atoms with E-state index in [1.54, 1.807) is 121 Å². The Morgan fingerprint density at radius 1 is 0.304 bits per heavy atom. The number of halogens is 6. The molecule has 0 aromatic heterocycles. The third-order valence-electron chi connectivity index (χ3n) is 13.0. The number of ether oxygens (including phenoxy) is 6. The Labute approximate surface area is 586 Å². The van der Waals surface area contributed by atoms with Crippen LogP contribution in [0.25, 0.3) is 0 Å². The monoisotopic (exact) mass is 1440 g/mol. The molecule has 92 heavy (non-hydrogen) atoms. The molecular weight excluding hydrogens is 1390 g/mol. The predicted molar refractivity (Wildman–Crippen MR) is 358 cm³/mol. The zero-order valence-corrected chi connectivity index (χ0v) is 55.8. The zero-order chi connectivity index (χ0) is 64.0. The standard InChI is InChI=1S/C68H64N4O10.2CHCl3.2Ni/c1-47-39-49-15-11-19-53(65(49)73)43-69-57-23-3-7-27-61(57)79-35-31-77-33-37-81-63-29-9-5-25-59(63)71-45-55-21-13-17-51(67(55)75)41-48(2)42-52-18-14-22-56(68(52)76)46-72-60-26-6-10-30-64(60)82-38-34-78-32-36-80-62-28-8-4-24-58(62)70-44-54-20-12-16-50(40-47)66(54)74;2*2-1(3)4;;/h3-30,43-46,73-76H,1-2,31-42H2;2*1H;;/q;;;2*+2/p-4. The summed E-state index contributed by atoms with van der Waals surface area (Å²) in [5.74, 6) is 1.33. The number of benzene rings is 8. The fraction of sp³-hybridized carbons (Fsp3) is 0.200. The SMILES string of the molecule is C=C1Cc2cccc(c2[O-])C=Nc2ccccc2OCCOCCOc2ccccc2N=Cc2cccc(c2[O-])CC(=C)Cc2cccc(c2[O-])C=Nc2ccccc2OCCOCCOc2ccccc2N=Cc2cccc(c2[O-])C1.ClC(Cl)Cl.ClC(Cl)Cl.[Ni+2].[Ni+2]. The van der Waals surface area contributed by atoms with Crippen molar-refractivity contribution in [3.8, 4) is 46.0 Å². The number of aliphatic imine (C=N–C) groups is 4. The first-order chi connectivity index (χ1) is 43.6. The van der Waals surface area contributed by atoms with Crippen molar-refractivity contribution in [2.75, 3.05) is 52.9 Å². The summed E-state index contributed by atoms with van der Waals surface area (Å²) in [6.07, 6.45) is 7.18. The van der Waals surface area contributed by atoms with Crippen LogP contribution in [0.5, 0.6) is 46.0 Å². The Balaban J connectivity index is 0.00000145. The molecule has 1 heterocycles. The van der Waals surface area contributed by atoms with E-state index in [-0.39, 0.29) is 135 Å². The van der Waals surface area contributed by atoms with Crippen LogP contribution in [-0.4, -0.2) is 86.3 Å². The Kier molecular flexibility index (Phi) is 33.6. The molecular formula is C70H62Cl6N4Ni2O10. The van der Waals surface area contributed by atoms with Gasteiger partial charge in [-0.25, -0.2) is 0 Å². The van der Waals surface area contributed by atoms with Crippen LogP contribution >= 0.6 is 69.6 Å². The Morgan fingerprint density at radius 2 is 0.511 bits per heavy atom. The van der Waals surface area contributed by atoms with Gasteiger partial charge >= 0.3 is 33.0 Å². The molecule has 8 bridgehead atoms. The molecule has 9 rings (SSSR count). The summed E-state index contributed by atoms with van der Waals surface area (Å²) in [6.45, 7) is 10.5. The molecule has 0 saturated heterocycles. The molecule has 0 unspecified atom stereocenters. The van der Waals surface area contributed by atoms with Gasteiger partial charge in [0, 0.05) is 24.9 Å². The van der Waals surface area contributed by atoms with E-state index in [9.17, 15) is 20.4 Å². The second-order valence-electron chi connectivity index (χ2n) is 19.6. The largest absolute Gasteiger partial charge is 2.00 e. The van der Waals surface area contributed by atoms with E-state index < -0.39 is 8.59 Å². The van der Waals surface area contributed by atoms with E-state index in [0.29, 0.717) is 101 Å². The number of rotatable bonds is 0. The van der Waals surface area contributed by atoms with Crippen molar-refractivity contribution in [1.29, 1.82) is 0 Å². The van der Waals surface area contributed by atoms with E-state index in [0.717, 1.165) is 0 Å². The van der Waals surface area contributed by atoms with Crippen LogP contribution in [0.1, 0.15) is 44.5 Å². The van der Waals surface area contributed by atoms with Crippen molar-refractivity contribution < 1.29 is 81.8 Å². The van der Waals surface area contributed by atoms with Crippen molar-refractivity contribution in [1.82, 2.24) is 0 Å². The summed E-state index contributed by atoms with van der Waals surface area (Å²) in [4.78, 5) is 18.5. The van der Waals surface area contributed by atoms with Crippen LogP contribution in [0.15, 0.2) is 214 Å². The van der Waals surface area contributed by atoms with Crippen LogP contribution in [-0.2, 0) is 68.1 Å². The fourth-order valence-corrected chi connectivity index (χ4v) is 8.93. The molecule has 0 amide bonds. The maximum atomic E-state index is 13.7. The van der Waals surface area contributed by atoms with Crippen molar-refractivity contribution >= 4 is 117 Å². The summed E-state index contributed by atoms with van der Waals surface area (Å²) in [6, 6.07) is 50.2. The maximum Gasteiger partial charge on any atom is 2.00 e. The van der Waals surface area contributed by atoms with Crippen LogP contribution in [0.4, 0.5) is 22.7 Å². The molecule has 0 N–H and O–H groups in total. The van der Waals surface area contributed by atoms with E-state index in [1.165, 1.54) is 24.9 Å². The number of fused-ring (bicyclic) bond motifs is 12. The number of nitrogens with zero attached hydrogens (tertiary/aromatic N) is 4. The third-order valence-corrected chi connectivity index (χ3v) is 13.0. The van der Waals surface area contributed by atoms with Gasteiger partial charge in [0.15, 0.2) is 8.59 Å². The second kappa shape index (κ2) is 40.8. The molecule has 0 radical (unpaired) electrons. The molecule has 14 nitrogen and oxygen atoms in total. The molecule has 0 atom stereocenters. The molecule has 0 saturated carbocycles. The maximum absolute atomic E-state index is 13.7. The third kappa shape index (κ3) is 25.1. The van der Waals surface area contributed by atoms with Gasteiger partial charge in [-0.2, -0.15) is 0 Å². The normalized spacial score (nSPS) is 13.8. The summed E-state index contributed by atoms with van der Waals surface area (Å²) < 4.78 is 34.4. The molecule has 8 aromatic rings. The summed E-state index contributed by atoms with van der Waals surface area (Å²) >= 11 is 28.8. The van der Waals surface area contributed by atoms with Crippen LogP contribution < -0.4 is 39.4 Å². The second-order valence-corrected chi connectivity index (χ2v) is 23.5. The van der Waals surface area contributed by atoms with E-state index in [1.807, 2.05) is 48.5 Å². The minimum absolute atomic E-state index is 0. The molecule has 1 aliphatic heterocycles. The Morgan fingerprint density at radius 3 is 0.728 bits per heavy atom. The molecule has 22 heteroatoms. The smallest absolute Gasteiger partial charge is 0.872 e. The number of hydrogen-bond acceptors (Lipinski definition) is 14. The number of allylic oxidation sites excluding steroid dienone is 2. The Bertz CT molecular complexity index is 3300. The van der Waals surface area contributed by atoms with Crippen molar-refractivity contribution in [3.63, 3.8) is 0 Å². The van der Waals surface area contributed by atoms with E-state index in [4.69, 9.17) is 98.0 Å². The van der Waals surface area contributed by atoms with Crippen molar-refractivity contribution in [3.05, 3.63) is 239 Å². The fourth-order valence-electron chi connectivity index (χ4n) is 8.93. The first kappa shape index (κ1) is 75.7. The van der Waals surface area contributed by atoms with Gasteiger partial charge in [0.05, 0.1) is 26.4 Å². The van der Waals surface area contributed by atoms with Gasteiger partial charge in [0.2, 0.25) is 0 Å². The molecule has 0 spiro atoms. The zero-order valence-electron chi connectivity index (χ0n) is 49.3. The molecule has 8 aromatic carbocycles. The quantitative estimate of drug-likeness (QED) is 0.0800. The van der Waals surface area contributed by atoms with Crippen molar-refractivity contribution in [2.24, 2.45) is 20.0 Å². The first-order valence-corrected chi connectivity index (χ1v) is 30.8. The molecule has 0 fully saturated rings. The van der Waals surface area contributed by atoms with Crippen molar-refractivity contribution in [2.45, 2.75) is 34.3 Å². The molecule has 1 aliphatic rings. The van der Waals surface area contributed by atoms with Crippen LogP contribution in [0.3, 0.4) is 0 Å². The first-order valence-electron chi connectivity index (χ1n) is 28.2. The summed E-state index contributed by atoms with van der Waals surface area (Å²) in [5, 5.41) is 54.8. The predicted octanol–water partition coefficient (Wildman–Crippen LogP) is 14.9. The molecule has 0 aliphatic carbocycles. The van der Waals surface area contributed by atoms with E-state index in [2.05, 4.69) is 33.1 Å². The van der Waals surface area contributed by atoms with Gasteiger partial charge < -0.3 is 48.8 Å². The summed E-state index contributed by atoms with van der Waals surface area (Å²) in [7, 11) is 0. The van der Waals surface area contributed by atoms with Gasteiger partial charge in [-0.1, -0.05) is 260 Å². The van der Waals surface area contributed by atoms with E-state index >= 15 is 0 Å².